The van der Waals surface area contributed by atoms with Crippen LogP contribution in [0.3, 0.4) is 0 Å². The van der Waals surface area contributed by atoms with Crippen LogP contribution in [0.2, 0.25) is 5.02 Å². The minimum Gasteiger partial charge on any atom is -0.322 e. The molecule has 4 nitrogen and oxygen atoms in total. The zero-order valence-corrected chi connectivity index (χ0v) is 11.4. The summed E-state index contributed by atoms with van der Waals surface area (Å²) in [5, 5.41) is 3.37. The SMILES string of the molecule is Cc1cc(Cl)ccc1NC(=O)c1ccn(C)c(=O)c1. The summed E-state index contributed by atoms with van der Waals surface area (Å²) < 4.78 is 1.41. The van der Waals surface area contributed by atoms with Crippen LogP contribution in [0.4, 0.5) is 5.69 Å². The van der Waals surface area contributed by atoms with Crippen LogP contribution < -0.4 is 10.9 Å². The minimum absolute atomic E-state index is 0.222. The molecule has 5 heteroatoms. The highest BCUT2D eigenvalue weighted by Gasteiger charge is 2.08. The Balaban J connectivity index is 2.25. The number of hydrogen-bond donors (Lipinski definition) is 1. The summed E-state index contributed by atoms with van der Waals surface area (Å²) in [6.07, 6.45) is 1.56. The van der Waals surface area contributed by atoms with Gasteiger partial charge in [-0.25, -0.2) is 0 Å². The van der Waals surface area contributed by atoms with E-state index in [1.165, 1.54) is 10.6 Å². The number of pyridine rings is 1. The number of rotatable bonds is 2. The van der Waals surface area contributed by atoms with Crippen molar-refractivity contribution in [3.05, 3.63) is 63.0 Å². The van der Waals surface area contributed by atoms with Crippen molar-refractivity contribution >= 4 is 23.2 Å². The van der Waals surface area contributed by atoms with E-state index in [4.69, 9.17) is 11.6 Å². The molecule has 1 aromatic heterocycles. The van der Waals surface area contributed by atoms with Gasteiger partial charge in [-0.15, -0.1) is 0 Å². The second-order valence-corrected chi connectivity index (χ2v) is 4.71. The summed E-state index contributed by atoms with van der Waals surface area (Å²) in [4.78, 5) is 23.5. The molecule has 1 aromatic carbocycles. The fourth-order valence-corrected chi connectivity index (χ4v) is 1.88. The number of aromatic nitrogens is 1. The number of benzene rings is 1. The Labute approximate surface area is 115 Å². The maximum Gasteiger partial charge on any atom is 0.255 e. The van der Waals surface area contributed by atoms with Gasteiger partial charge in [0.15, 0.2) is 0 Å². The molecule has 1 heterocycles. The first-order chi connectivity index (χ1) is 8.97. The molecular formula is C14H13ClN2O2. The Bertz CT molecular complexity index is 692. The Morgan fingerprint density at radius 3 is 2.63 bits per heavy atom. The Morgan fingerprint density at radius 1 is 1.26 bits per heavy atom. The lowest BCUT2D eigenvalue weighted by atomic mass is 10.2. The van der Waals surface area contributed by atoms with E-state index in [1.807, 2.05) is 6.92 Å². The molecule has 0 aliphatic rings. The topological polar surface area (TPSA) is 51.1 Å². The Hall–Kier alpha value is -2.07. The number of carbonyl (C=O) groups excluding carboxylic acids is 1. The van der Waals surface area contributed by atoms with E-state index >= 15 is 0 Å². The first kappa shape index (κ1) is 13.4. The van der Waals surface area contributed by atoms with Gasteiger partial charge in [-0.05, 0) is 36.8 Å². The highest BCUT2D eigenvalue weighted by atomic mass is 35.5. The summed E-state index contributed by atoms with van der Waals surface area (Å²) in [5.74, 6) is -0.317. The normalized spacial score (nSPS) is 10.3. The quantitative estimate of drug-likeness (QED) is 0.917. The van der Waals surface area contributed by atoms with Crippen LogP contribution in [0.5, 0.6) is 0 Å². The van der Waals surface area contributed by atoms with Gasteiger partial charge in [0.2, 0.25) is 0 Å². The minimum atomic E-state index is -0.317. The smallest absolute Gasteiger partial charge is 0.255 e. The standard InChI is InChI=1S/C14H13ClN2O2/c1-9-7-11(15)3-4-12(9)16-14(19)10-5-6-17(2)13(18)8-10/h3-8H,1-2H3,(H,16,19). The average molecular weight is 277 g/mol. The van der Waals surface area contributed by atoms with Gasteiger partial charge in [0.1, 0.15) is 0 Å². The third-order valence-corrected chi connectivity index (χ3v) is 3.04. The number of carbonyl (C=O) groups is 1. The summed E-state index contributed by atoms with van der Waals surface area (Å²) >= 11 is 5.85. The molecule has 1 amide bonds. The first-order valence-corrected chi connectivity index (χ1v) is 6.09. The molecule has 19 heavy (non-hydrogen) atoms. The molecule has 98 valence electrons. The highest BCUT2D eigenvalue weighted by molar-refractivity contribution is 6.30. The van der Waals surface area contributed by atoms with E-state index in [-0.39, 0.29) is 11.5 Å². The maximum atomic E-state index is 12.0. The van der Waals surface area contributed by atoms with Crippen LogP contribution in [0.1, 0.15) is 15.9 Å². The molecule has 0 saturated heterocycles. The summed E-state index contributed by atoms with van der Waals surface area (Å²) in [6.45, 7) is 1.85. The third-order valence-electron chi connectivity index (χ3n) is 2.80. The van der Waals surface area contributed by atoms with Crippen molar-refractivity contribution in [2.75, 3.05) is 5.32 Å². The molecule has 0 saturated carbocycles. The molecular weight excluding hydrogens is 264 g/mol. The molecule has 0 spiro atoms. The van der Waals surface area contributed by atoms with Crippen molar-refractivity contribution in [3.63, 3.8) is 0 Å². The summed E-state index contributed by atoms with van der Waals surface area (Å²) in [7, 11) is 1.63. The van der Waals surface area contributed by atoms with Gasteiger partial charge in [-0.2, -0.15) is 0 Å². The number of anilines is 1. The summed E-state index contributed by atoms with van der Waals surface area (Å²) in [6, 6.07) is 8.11. The predicted molar refractivity (Wildman–Crippen MR) is 75.8 cm³/mol. The number of hydrogen-bond acceptors (Lipinski definition) is 2. The van der Waals surface area contributed by atoms with Crippen LogP contribution in [0, 0.1) is 6.92 Å². The molecule has 0 unspecified atom stereocenters. The van der Waals surface area contributed by atoms with Crippen molar-refractivity contribution in [1.82, 2.24) is 4.57 Å². The van der Waals surface area contributed by atoms with E-state index in [0.717, 1.165) is 5.56 Å². The number of aryl methyl sites for hydroxylation is 2. The molecule has 0 bridgehead atoms. The highest BCUT2D eigenvalue weighted by Crippen LogP contribution is 2.20. The fraction of sp³-hybridized carbons (Fsp3) is 0.143. The van der Waals surface area contributed by atoms with Crippen LogP contribution in [0.25, 0.3) is 0 Å². The fourth-order valence-electron chi connectivity index (χ4n) is 1.65. The first-order valence-electron chi connectivity index (χ1n) is 5.71. The van der Waals surface area contributed by atoms with Gasteiger partial charge in [-0.1, -0.05) is 11.6 Å². The molecule has 0 radical (unpaired) electrons. The lowest BCUT2D eigenvalue weighted by Crippen LogP contribution is -2.20. The molecule has 0 atom stereocenters. The van der Waals surface area contributed by atoms with E-state index < -0.39 is 0 Å². The lowest BCUT2D eigenvalue weighted by Gasteiger charge is -2.08. The van der Waals surface area contributed by atoms with Crippen molar-refractivity contribution in [2.24, 2.45) is 7.05 Å². The number of nitrogens with zero attached hydrogens (tertiary/aromatic N) is 1. The second-order valence-electron chi connectivity index (χ2n) is 4.28. The van der Waals surface area contributed by atoms with Crippen molar-refractivity contribution in [2.45, 2.75) is 6.92 Å². The second kappa shape index (κ2) is 5.28. The van der Waals surface area contributed by atoms with Gasteiger partial charge < -0.3 is 9.88 Å². The van der Waals surface area contributed by atoms with Gasteiger partial charge in [-0.3, -0.25) is 9.59 Å². The predicted octanol–water partition coefficient (Wildman–Crippen LogP) is 2.60. The van der Waals surface area contributed by atoms with Crippen LogP contribution in [-0.2, 0) is 7.05 Å². The van der Waals surface area contributed by atoms with E-state index in [1.54, 1.807) is 37.5 Å². The largest absolute Gasteiger partial charge is 0.322 e. The number of halogens is 1. The zero-order valence-electron chi connectivity index (χ0n) is 10.6. The van der Waals surface area contributed by atoms with Crippen LogP contribution >= 0.6 is 11.6 Å². The van der Waals surface area contributed by atoms with Crippen LogP contribution in [-0.4, -0.2) is 10.5 Å². The lowest BCUT2D eigenvalue weighted by molar-refractivity contribution is 0.102. The van der Waals surface area contributed by atoms with E-state index in [0.29, 0.717) is 16.3 Å². The van der Waals surface area contributed by atoms with Gasteiger partial charge in [0.25, 0.3) is 11.5 Å². The molecule has 1 N–H and O–H groups in total. The van der Waals surface area contributed by atoms with Crippen molar-refractivity contribution in [1.29, 1.82) is 0 Å². The van der Waals surface area contributed by atoms with Gasteiger partial charge in [0, 0.05) is 35.6 Å². The molecule has 0 aliphatic heterocycles. The van der Waals surface area contributed by atoms with Crippen molar-refractivity contribution < 1.29 is 4.79 Å². The van der Waals surface area contributed by atoms with Gasteiger partial charge >= 0.3 is 0 Å². The number of amides is 1. The molecule has 0 aliphatic carbocycles. The Kier molecular flexibility index (Phi) is 3.71. The average Bonchev–Trinajstić information content (AvgIpc) is 2.36. The Morgan fingerprint density at radius 2 is 2.00 bits per heavy atom. The van der Waals surface area contributed by atoms with Crippen molar-refractivity contribution in [3.8, 4) is 0 Å². The monoisotopic (exact) mass is 276 g/mol. The molecule has 2 rings (SSSR count). The maximum absolute atomic E-state index is 12.0. The molecule has 0 fully saturated rings. The van der Waals surface area contributed by atoms with Crippen LogP contribution in [0.15, 0.2) is 41.3 Å². The summed E-state index contributed by atoms with van der Waals surface area (Å²) in [5.41, 5.74) is 1.65. The van der Waals surface area contributed by atoms with E-state index in [2.05, 4.69) is 5.32 Å². The number of nitrogens with one attached hydrogen (secondary N) is 1. The van der Waals surface area contributed by atoms with E-state index in [9.17, 15) is 9.59 Å². The van der Waals surface area contributed by atoms with Gasteiger partial charge in [0.05, 0.1) is 0 Å². The molecule has 2 aromatic rings. The zero-order chi connectivity index (χ0) is 14.0. The third kappa shape index (κ3) is 3.03.